The average molecular weight is 150 g/mol. The van der Waals surface area contributed by atoms with Crippen molar-refractivity contribution < 1.29 is 0 Å². The van der Waals surface area contributed by atoms with Gasteiger partial charge in [0.2, 0.25) is 0 Å². The van der Waals surface area contributed by atoms with Crippen LogP contribution in [0.15, 0.2) is 0 Å². The Bertz CT molecular complexity index is 56.9. The Morgan fingerprint density at radius 3 is 2.44 bits per heavy atom. The fourth-order valence-corrected chi connectivity index (χ4v) is 0.823. The van der Waals surface area contributed by atoms with E-state index in [1.165, 1.54) is 13.0 Å². The number of rotatable bonds is 5. The molecule has 0 N–H and O–H groups in total. The van der Waals surface area contributed by atoms with Crippen LogP contribution in [0, 0.1) is 0 Å². The van der Waals surface area contributed by atoms with Crippen LogP contribution in [-0.4, -0.2) is 30.9 Å². The van der Waals surface area contributed by atoms with Crippen LogP contribution in [0.3, 0.4) is 0 Å². The van der Waals surface area contributed by atoms with Gasteiger partial charge in [0.05, 0.1) is 0 Å². The van der Waals surface area contributed by atoms with Crippen molar-refractivity contribution in [3.05, 3.63) is 0 Å². The summed E-state index contributed by atoms with van der Waals surface area (Å²) in [6.07, 6.45) is 2.37. The average Bonchev–Trinajstić information content (AvgIpc) is 1.89. The highest BCUT2D eigenvalue weighted by Crippen LogP contribution is 1.93. The first kappa shape index (κ1) is 9.25. The summed E-state index contributed by atoms with van der Waals surface area (Å²) in [6.45, 7) is 4.49. The van der Waals surface area contributed by atoms with Gasteiger partial charge in [-0.1, -0.05) is 6.92 Å². The molecule has 0 amide bonds. The number of hydrogen-bond donors (Lipinski definition) is 0. The monoisotopic (exact) mass is 149 g/mol. The quantitative estimate of drug-likeness (QED) is 0.427. The summed E-state index contributed by atoms with van der Waals surface area (Å²) >= 11 is 5.51. The maximum Gasteiger partial charge on any atom is 0.0223 e. The summed E-state index contributed by atoms with van der Waals surface area (Å²) in [5.41, 5.74) is 0. The Labute approximate surface area is 63.0 Å². The summed E-state index contributed by atoms with van der Waals surface area (Å²) < 4.78 is 0. The number of unbranched alkanes of at least 4 members (excludes halogenated alkanes) is 1. The molecule has 0 bridgehead atoms. The lowest BCUT2D eigenvalue weighted by atomic mass is 10.3. The van der Waals surface area contributed by atoms with E-state index >= 15 is 0 Å². The van der Waals surface area contributed by atoms with Crippen molar-refractivity contribution >= 4 is 11.6 Å². The van der Waals surface area contributed by atoms with Crippen molar-refractivity contribution in [1.82, 2.24) is 4.90 Å². The molecule has 0 atom stereocenters. The number of alkyl halides is 1. The minimum Gasteiger partial charge on any atom is -0.307 e. The van der Waals surface area contributed by atoms with Crippen LogP contribution in [0.4, 0.5) is 0 Å². The van der Waals surface area contributed by atoms with Crippen molar-refractivity contribution in [3.63, 3.8) is 0 Å². The van der Waals surface area contributed by atoms with Crippen LogP contribution in [0.1, 0.15) is 19.8 Å². The third kappa shape index (κ3) is 6.13. The second-order valence-corrected chi connectivity index (χ2v) is 2.67. The fraction of sp³-hybridized carbons (Fsp3) is 1.00. The van der Waals surface area contributed by atoms with E-state index in [-0.39, 0.29) is 0 Å². The van der Waals surface area contributed by atoms with Gasteiger partial charge in [-0.05, 0) is 33.0 Å². The van der Waals surface area contributed by atoms with Gasteiger partial charge >= 0.3 is 0 Å². The molecule has 0 saturated heterocycles. The topological polar surface area (TPSA) is 3.24 Å². The third-order valence-corrected chi connectivity index (χ3v) is 1.73. The zero-order chi connectivity index (χ0) is 7.11. The van der Waals surface area contributed by atoms with E-state index in [2.05, 4.69) is 18.9 Å². The Morgan fingerprint density at radius 1 is 1.33 bits per heavy atom. The summed E-state index contributed by atoms with van der Waals surface area (Å²) in [7, 11) is 2.13. The predicted octanol–water partition coefficient (Wildman–Crippen LogP) is 1.96. The van der Waals surface area contributed by atoms with Crippen LogP contribution in [0.5, 0.6) is 0 Å². The Hall–Kier alpha value is 0.250. The standard InChI is InChI=1S/C7H16ClN/c1-3-9(2)7-5-4-6-8/h3-7H2,1-2H3. The zero-order valence-electron chi connectivity index (χ0n) is 6.36. The highest BCUT2D eigenvalue weighted by molar-refractivity contribution is 6.17. The first-order chi connectivity index (χ1) is 4.31. The van der Waals surface area contributed by atoms with E-state index in [1.54, 1.807) is 0 Å². The van der Waals surface area contributed by atoms with Crippen molar-refractivity contribution in [2.75, 3.05) is 26.0 Å². The summed E-state index contributed by atoms with van der Waals surface area (Å²) in [5, 5.41) is 0. The minimum atomic E-state index is 0.803. The smallest absolute Gasteiger partial charge is 0.0223 e. The van der Waals surface area contributed by atoms with Gasteiger partial charge in [-0.25, -0.2) is 0 Å². The highest BCUT2D eigenvalue weighted by Gasteiger charge is 1.91. The zero-order valence-corrected chi connectivity index (χ0v) is 7.12. The van der Waals surface area contributed by atoms with Gasteiger partial charge in [0.25, 0.3) is 0 Å². The Balaban J connectivity index is 2.88. The van der Waals surface area contributed by atoms with E-state index in [4.69, 9.17) is 11.6 Å². The molecule has 1 nitrogen and oxygen atoms in total. The lowest BCUT2D eigenvalue weighted by Gasteiger charge is -2.11. The number of nitrogens with zero attached hydrogens (tertiary/aromatic N) is 1. The maximum atomic E-state index is 5.51. The molecule has 0 unspecified atom stereocenters. The molecular weight excluding hydrogens is 134 g/mol. The first-order valence-electron chi connectivity index (χ1n) is 3.55. The van der Waals surface area contributed by atoms with Gasteiger partial charge in [-0.15, -0.1) is 11.6 Å². The van der Waals surface area contributed by atoms with Crippen molar-refractivity contribution in [3.8, 4) is 0 Å². The van der Waals surface area contributed by atoms with E-state index in [0.717, 1.165) is 18.8 Å². The molecular formula is C7H16ClN. The lowest BCUT2D eigenvalue weighted by Crippen LogP contribution is -2.18. The third-order valence-electron chi connectivity index (χ3n) is 1.46. The van der Waals surface area contributed by atoms with Gasteiger partial charge in [-0.3, -0.25) is 0 Å². The molecule has 0 aromatic carbocycles. The molecule has 0 aliphatic carbocycles. The molecule has 2 heteroatoms. The van der Waals surface area contributed by atoms with Crippen LogP contribution in [0.2, 0.25) is 0 Å². The highest BCUT2D eigenvalue weighted by atomic mass is 35.5. The molecule has 56 valence electrons. The fourth-order valence-electron chi connectivity index (χ4n) is 0.634. The normalized spacial score (nSPS) is 10.7. The lowest BCUT2D eigenvalue weighted by molar-refractivity contribution is 0.346. The van der Waals surface area contributed by atoms with Crippen molar-refractivity contribution in [2.45, 2.75) is 19.8 Å². The largest absolute Gasteiger partial charge is 0.307 e. The second-order valence-electron chi connectivity index (χ2n) is 2.29. The molecule has 9 heavy (non-hydrogen) atoms. The Morgan fingerprint density at radius 2 is 2.00 bits per heavy atom. The van der Waals surface area contributed by atoms with Crippen molar-refractivity contribution in [2.24, 2.45) is 0 Å². The summed E-state index contributed by atoms with van der Waals surface area (Å²) in [5.74, 6) is 0.803. The van der Waals surface area contributed by atoms with Crippen LogP contribution in [0.25, 0.3) is 0 Å². The van der Waals surface area contributed by atoms with Crippen LogP contribution < -0.4 is 0 Å². The van der Waals surface area contributed by atoms with Gasteiger partial charge in [0, 0.05) is 5.88 Å². The van der Waals surface area contributed by atoms with Crippen LogP contribution in [-0.2, 0) is 0 Å². The molecule has 0 radical (unpaired) electrons. The maximum absolute atomic E-state index is 5.51. The Kier molecular flexibility index (Phi) is 6.55. The molecule has 0 heterocycles. The van der Waals surface area contributed by atoms with Gasteiger partial charge < -0.3 is 4.90 Å². The molecule has 0 aliphatic heterocycles. The van der Waals surface area contributed by atoms with Gasteiger partial charge in [0.15, 0.2) is 0 Å². The van der Waals surface area contributed by atoms with E-state index in [9.17, 15) is 0 Å². The van der Waals surface area contributed by atoms with E-state index in [0.29, 0.717) is 0 Å². The molecule has 0 rings (SSSR count). The molecule has 0 aromatic rings. The van der Waals surface area contributed by atoms with Gasteiger partial charge in [-0.2, -0.15) is 0 Å². The molecule has 0 fully saturated rings. The SMILES string of the molecule is CCN(C)CCCCCl. The number of halogens is 1. The summed E-state index contributed by atoms with van der Waals surface area (Å²) in [4.78, 5) is 2.30. The summed E-state index contributed by atoms with van der Waals surface area (Å²) in [6, 6.07) is 0. The second kappa shape index (κ2) is 6.37. The minimum absolute atomic E-state index is 0.803. The van der Waals surface area contributed by atoms with E-state index < -0.39 is 0 Å². The molecule has 0 aromatic heterocycles. The number of hydrogen-bond acceptors (Lipinski definition) is 1. The van der Waals surface area contributed by atoms with E-state index in [1.807, 2.05) is 0 Å². The molecule has 0 aliphatic rings. The molecule has 0 saturated carbocycles. The first-order valence-corrected chi connectivity index (χ1v) is 4.09. The predicted molar refractivity (Wildman–Crippen MR) is 43.1 cm³/mol. The van der Waals surface area contributed by atoms with Gasteiger partial charge in [0.1, 0.15) is 0 Å². The van der Waals surface area contributed by atoms with Crippen molar-refractivity contribution in [1.29, 1.82) is 0 Å². The molecule has 0 spiro atoms. The van der Waals surface area contributed by atoms with Crippen LogP contribution >= 0.6 is 11.6 Å².